The van der Waals surface area contributed by atoms with E-state index < -0.39 is 12.0 Å². The van der Waals surface area contributed by atoms with Crippen LogP contribution in [0.1, 0.15) is 30.9 Å². The molecule has 0 saturated heterocycles. The molecule has 0 radical (unpaired) electrons. The lowest BCUT2D eigenvalue weighted by Gasteiger charge is -2.34. The molecule has 0 bridgehead atoms. The van der Waals surface area contributed by atoms with Gasteiger partial charge in [-0.05, 0) is 37.6 Å². The number of halogens is 1. The number of para-hydroxylation sites is 1. The van der Waals surface area contributed by atoms with E-state index in [0.717, 1.165) is 33.4 Å². The summed E-state index contributed by atoms with van der Waals surface area (Å²) in [5, 5.41) is 12.6. The van der Waals surface area contributed by atoms with Gasteiger partial charge in [0.1, 0.15) is 7.05 Å². The minimum Gasteiger partial charge on any atom is -0.387 e. The molecular formula is C24H22ClN2O2+. The molecule has 4 nitrogen and oxygen atoms in total. The van der Waals surface area contributed by atoms with E-state index in [0.29, 0.717) is 10.6 Å². The lowest BCUT2D eigenvalue weighted by molar-refractivity contribution is -0.401. The number of nitrogens with one attached hydrogen (secondary N) is 1. The monoisotopic (exact) mass is 405 g/mol. The van der Waals surface area contributed by atoms with Crippen molar-refractivity contribution in [2.24, 2.45) is 0 Å². The topological polar surface area (TPSA) is 56.1 Å². The zero-order valence-electron chi connectivity index (χ0n) is 16.5. The van der Waals surface area contributed by atoms with Crippen molar-refractivity contribution in [1.82, 2.24) is 4.98 Å². The van der Waals surface area contributed by atoms with Crippen molar-refractivity contribution >= 4 is 39.7 Å². The van der Waals surface area contributed by atoms with Crippen LogP contribution in [0.4, 0.5) is 5.69 Å². The summed E-state index contributed by atoms with van der Waals surface area (Å²) in [4.78, 5) is 16.2. The number of nitrogens with zero attached hydrogens (tertiary/aromatic N) is 1. The number of H-pyrrole nitrogens is 1. The highest BCUT2D eigenvalue weighted by atomic mass is 35.5. The fourth-order valence-corrected chi connectivity index (χ4v) is 4.96. The molecule has 2 atom stereocenters. The normalized spacial score (nSPS) is 24.3. The maximum Gasteiger partial charge on any atom is 0.209 e. The highest BCUT2D eigenvalue weighted by Crippen LogP contribution is 2.44. The van der Waals surface area contributed by atoms with Crippen molar-refractivity contribution in [3.8, 4) is 0 Å². The molecule has 2 heterocycles. The first-order chi connectivity index (χ1) is 13.8. The lowest BCUT2D eigenvalue weighted by Crippen LogP contribution is -2.44. The molecule has 1 fully saturated rings. The average Bonchev–Trinajstić information content (AvgIpc) is 3.18. The smallest absolute Gasteiger partial charge is 0.209 e. The summed E-state index contributed by atoms with van der Waals surface area (Å²) in [5.41, 5.74) is 5.15. The Morgan fingerprint density at radius 3 is 2.72 bits per heavy atom. The molecule has 2 N–H and O–H groups in total. The van der Waals surface area contributed by atoms with Crippen LogP contribution in [0.3, 0.4) is 0 Å². The molecule has 5 heteroatoms. The van der Waals surface area contributed by atoms with Crippen LogP contribution in [0, 0.1) is 0 Å². The van der Waals surface area contributed by atoms with Crippen molar-refractivity contribution in [1.29, 1.82) is 0 Å². The predicted molar refractivity (Wildman–Crippen MR) is 115 cm³/mol. The van der Waals surface area contributed by atoms with Gasteiger partial charge in [-0.1, -0.05) is 29.8 Å². The summed E-state index contributed by atoms with van der Waals surface area (Å²) in [6.45, 7) is 4.23. The molecule has 0 spiro atoms. The van der Waals surface area contributed by atoms with Gasteiger partial charge < -0.3 is 10.1 Å². The van der Waals surface area contributed by atoms with Crippen molar-refractivity contribution < 1.29 is 14.5 Å². The van der Waals surface area contributed by atoms with Crippen LogP contribution in [0.25, 0.3) is 10.9 Å². The number of carbonyl (C=O) groups is 1. The van der Waals surface area contributed by atoms with Gasteiger partial charge >= 0.3 is 0 Å². The van der Waals surface area contributed by atoms with E-state index in [1.165, 1.54) is 0 Å². The molecule has 29 heavy (non-hydrogen) atoms. The Bertz CT molecular complexity index is 1250. The number of allylic oxidation sites excluding steroid dienone is 1. The maximum absolute atomic E-state index is 13.1. The number of rotatable bonds is 2. The third kappa shape index (κ3) is 2.49. The highest BCUT2D eigenvalue weighted by molar-refractivity contribution is 6.30. The largest absolute Gasteiger partial charge is 0.387 e. The molecule has 0 amide bonds. The van der Waals surface area contributed by atoms with E-state index in [1.54, 1.807) is 0 Å². The molecule has 146 valence electrons. The number of aliphatic hydroxyl groups excluding tert-OH is 1. The van der Waals surface area contributed by atoms with Gasteiger partial charge in [0, 0.05) is 45.4 Å². The van der Waals surface area contributed by atoms with E-state index in [1.807, 2.05) is 61.8 Å². The Hall–Kier alpha value is -2.69. The predicted octanol–water partition coefficient (Wildman–Crippen LogP) is 4.48. The number of aliphatic hydroxyl groups is 1. The molecule has 2 aliphatic rings. The minimum atomic E-state index is -0.814. The molecule has 1 saturated carbocycles. The SMILES string of the molecule is C[N+]1=C(C=C2C(=O)C(c3c[nH]c4ccccc34)C2O)C(C)(C)c2cc(Cl)ccc21. The summed E-state index contributed by atoms with van der Waals surface area (Å²) in [6.07, 6.45) is 2.89. The molecular weight excluding hydrogens is 384 g/mol. The van der Waals surface area contributed by atoms with Crippen LogP contribution in [0.15, 0.2) is 60.3 Å². The number of Topliss-reactive ketones (excluding diaryl/α,β-unsaturated/α-hetero) is 1. The number of aromatic amines is 1. The van der Waals surface area contributed by atoms with Gasteiger partial charge in [0.25, 0.3) is 0 Å². The third-order valence-corrected chi connectivity index (χ3v) is 6.68. The van der Waals surface area contributed by atoms with E-state index >= 15 is 0 Å². The molecule has 5 rings (SSSR count). The number of aromatic nitrogens is 1. The molecule has 2 unspecified atom stereocenters. The lowest BCUT2D eigenvalue weighted by atomic mass is 9.69. The van der Waals surface area contributed by atoms with Crippen LogP contribution in [0.5, 0.6) is 0 Å². The number of carbonyl (C=O) groups excluding carboxylic acids is 1. The van der Waals surface area contributed by atoms with Crippen molar-refractivity contribution in [2.75, 3.05) is 7.05 Å². The Kier molecular flexibility index (Phi) is 3.89. The summed E-state index contributed by atoms with van der Waals surface area (Å²) in [6, 6.07) is 13.7. The van der Waals surface area contributed by atoms with Crippen LogP contribution in [0.2, 0.25) is 5.02 Å². The number of hydrogen-bond acceptors (Lipinski definition) is 2. The first-order valence-corrected chi connectivity index (χ1v) is 10.1. The minimum absolute atomic E-state index is 0.0204. The summed E-state index contributed by atoms with van der Waals surface area (Å²) < 4.78 is 2.08. The zero-order chi connectivity index (χ0) is 20.5. The summed E-state index contributed by atoms with van der Waals surface area (Å²) >= 11 is 6.22. The standard InChI is InChI=1S/C24H21ClN2O2/c1-24(2)17-10-13(25)8-9-19(17)27(3)20(24)11-15-22(28)21(23(15)29)16-12-26-18-7-5-4-6-14(16)18/h4-12,21-22,28H,1-3H3/p+1. The second-order valence-corrected chi connectivity index (χ2v) is 8.84. The quantitative estimate of drug-likeness (QED) is 0.487. The van der Waals surface area contributed by atoms with E-state index in [2.05, 4.69) is 23.4 Å². The Morgan fingerprint density at radius 1 is 1.21 bits per heavy atom. The van der Waals surface area contributed by atoms with Gasteiger partial charge in [-0.25, -0.2) is 0 Å². The third-order valence-electron chi connectivity index (χ3n) is 6.44. The first kappa shape index (κ1) is 18.3. The van der Waals surface area contributed by atoms with Gasteiger partial charge in [0.2, 0.25) is 5.69 Å². The molecule has 2 aromatic carbocycles. The average molecular weight is 406 g/mol. The second kappa shape index (κ2) is 6.15. The number of ketones is 1. The van der Waals surface area contributed by atoms with E-state index in [4.69, 9.17) is 11.6 Å². The summed E-state index contributed by atoms with van der Waals surface area (Å²) in [5.74, 6) is -0.544. The highest BCUT2D eigenvalue weighted by Gasteiger charge is 2.49. The Balaban J connectivity index is 1.53. The first-order valence-electron chi connectivity index (χ1n) is 9.72. The molecule has 3 aromatic rings. The summed E-state index contributed by atoms with van der Waals surface area (Å²) in [7, 11) is 1.99. The Morgan fingerprint density at radius 2 is 1.97 bits per heavy atom. The van der Waals surface area contributed by atoms with Gasteiger partial charge in [0.15, 0.2) is 11.5 Å². The second-order valence-electron chi connectivity index (χ2n) is 8.41. The van der Waals surface area contributed by atoms with Crippen LogP contribution < -0.4 is 0 Å². The number of benzene rings is 2. The van der Waals surface area contributed by atoms with Gasteiger partial charge in [0.05, 0.1) is 17.4 Å². The van der Waals surface area contributed by atoms with Gasteiger partial charge in [-0.15, -0.1) is 0 Å². The van der Waals surface area contributed by atoms with Crippen LogP contribution in [-0.4, -0.2) is 39.3 Å². The van der Waals surface area contributed by atoms with Crippen molar-refractivity contribution in [3.63, 3.8) is 0 Å². The van der Waals surface area contributed by atoms with Crippen molar-refractivity contribution in [3.05, 3.63) is 76.5 Å². The van der Waals surface area contributed by atoms with E-state index in [9.17, 15) is 9.90 Å². The zero-order valence-corrected chi connectivity index (χ0v) is 17.3. The van der Waals surface area contributed by atoms with Gasteiger partial charge in [-0.2, -0.15) is 4.58 Å². The fraction of sp³-hybridized carbons (Fsp3) is 0.250. The number of hydrogen-bond donors (Lipinski definition) is 2. The maximum atomic E-state index is 13.1. The molecule has 1 aromatic heterocycles. The van der Waals surface area contributed by atoms with Crippen LogP contribution >= 0.6 is 11.6 Å². The molecule has 1 aliphatic carbocycles. The van der Waals surface area contributed by atoms with E-state index in [-0.39, 0.29) is 11.2 Å². The van der Waals surface area contributed by atoms with Crippen molar-refractivity contribution in [2.45, 2.75) is 31.3 Å². The molecule has 1 aliphatic heterocycles. The Labute approximate surface area is 174 Å². The number of fused-ring (bicyclic) bond motifs is 2. The van der Waals surface area contributed by atoms with Gasteiger partial charge in [-0.3, -0.25) is 4.79 Å². The van der Waals surface area contributed by atoms with Crippen LogP contribution in [-0.2, 0) is 10.2 Å². The fourth-order valence-electron chi connectivity index (χ4n) is 4.78.